The highest BCUT2D eigenvalue weighted by atomic mass is 16.5. The Balaban J connectivity index is 1.85. The number of esters is 1. The molecule has 0 bridgehead atoms. The summed E-state index contributed by atoms with van der Waals surface area (Å²) in [5, 5.41) is 6.23. The van der Waals surface area contributed by atoms with Gasteiger partial charge in [0.05, 0.1) is 12.7 Å². The molecule has 0 aromatic heterocycles. The van der Waals surface area contributed by atoms with E-state index in [0.717, 1.165) is 31.5 Å². The standard InChI is InChI=1S/C16H18N2O4/c1-21-14(19)5-3-11-2-4-13-12(10-11)15(20)18-16(22-13)6-8-17-9-7-16/h2-5,10,17H,6-9H2,1H3,(H,18,20). The molecular weight excluding hydrogens is 284 g/mol. The van der Waals surface area contributed by atoms with Crippen LogP contribution in [-0.2, 0) is 9.53 Å². The summed E-state index contributed by atoms with van der Waals surface area (Å²) in [6, 6.07) is 5.29. The van der Waals surface area contributed by atoms with E-state index in [1.165, 1.54) is 13.2 Å². The number of amides is 1. The fourth-order valence-electron chi connectivity index (χ4n) is 2.72. The molecule has 0 saturated carbocycles. The summed E-state index contributed by atoms with van der Waals surface area (Å²) in [6.45, 7) is 1.63. The zero-order valence-electron chi connectivity index (χ0n) is 12.3. The van der Waals surface area contributed by atoms with Crippen molar-refractivity contribution in [3.05, 3.63) is 35.4 Å². The molecule has 116 valence electrons. The quantitative estimate of drug-likeness (QED) is 0.631. The zero-order valence-corrected chi connectivity index (χ0v) is 12.3. The van der Waals surface area contributed by atoms with Crippen molar-refractivity contribution in [2.24, 2.45) is 0 Å². The first-order chi connectivity index (χ1) is 10.6. The predicted molar refractivity (Wildman–Crippen MR) is 80.4 cm³/mol. The van der Waals surface area contributed by atoms with Gasteiger partial charge in [0.25, 0.3) is 5.91 Å². The Hall–Kier alpha value is -2.34. The van der Waals surface area contributed by atoms with E-state index in [1.807, 2.05) is 6.07 Å². The Bertz CT molecular complexity index is 633. The molecule has 0 unspecified atom stereocenters. The molecule has 3 rings (SSSR count). The number of nitrogens with one attached hydrogen (secondary N) is 2. The van der Waals surface area contributed by atoms with E-state index >= 15 is 0 Å². The monoisotopic (exact) mass is 302 g/mol. The van der Waals surface area contributed by atoms with Crippen molar-refractivity contribution < 1.29 is 19.1 Å². The number of rotatable bonds is 2. The number of benzene rings is 1. The highest BCUT2D eigenvalue weighted by molar-refractivity contribution is 5.99. The number of carbonyl (C=O) groups is 2. The van der Waals surface area contributed by atoms with E-state index < -0.39 is 11.7 Å². The highest BCUT2D eigenvalue weighted by Gasteiger charge is 2.40. The van der Waals surface area contributed by atoms with Gasteiger partial charge in [-0.15, -0.1) is 0 Å². The molecule has 2 aliphatic rings. The van der Waals surface area contributed by atoms with E-state index in [2.05, 4.69) is 15.4 Å². The fourth-order valence-corrected chi connectivity index (χ4v) is 2.72. The van der Waals surface area contributed by atoms with Crippen molar-refractivity contribution in [1.82, 2.24) is 10.6 Å². The summed E-state index contributed by atoms with van der Waals surface area (Å²) in [5.74, 6) is 0.00409. The third-order valence-corrected chi connectivity index (χ3v) is 3.92. The van der Waals surface area contributed by atoms with Crippen LogP contribution in [-0.4, -0.2) is 37.8 Å². The molecule has 22 heavy (non-hydrogen) atoms. The number of hydrogen-bond donors (Lipinski definition) is 2. The van der Waals surface area contributed by atoms with Gasteiger partial charge in [-0.05, 0) is 23.8 Å². The van der Waals surface area contributed by atoms with E-state index in [4.69, 9.17) is 4.74 Å². The van der Waals surface area contributed by atoms with Crippen molar-refractivity contribution >= 4 is 18.0 Å². The second kappa shape index (κ2) is 5.81. The van der Waals surface area contributed by atoms with Crippen LogP contribution >= 0.6 is 0 Å². The van der Waals surface area contributed by atoms with Crippen LogP contribution in [0.4, 0.5) is 0 Å². The maximum atomic E-state index is 12.4. The minimum absolute atomic E-state index is 0.142. The minimum atomic E-state index is -0.599. The van der Waals surface area contributed by atoms with Gasteiger partial charge in [0.1, 0.15) is 5.75 Å². The van der Waals surface area contributed by atoms with Gasteiger partial charge < -0.3 is 20.1 Å². The number of fused-ring (bicyclic) bond motifs is 1. The van der Waals surface area contributed by atoms with Crippen LogP contribution in [0.3, 0.4) is 0 Å². The number of hydrogen-bond acceptors (Lipinski definition) is 5. The summed E-state index contributed by atoms with van der Waals surface area (Å²) in [4.78, 5) is 23.5. The molecule has 0 radical (unpaired) electrons. The predicted octanol–water partition coefficient (Wildman–Crippen LogP) is 1.07. The Morgan fingerprint density at radius 1 is 1.36 bits per heavy atom. The molecule has 1 aromatic rings. The summed E-state index contributed by atoms with van der Waals surface area (Å²) in [5.41, 5.74) is 0.624. The van der Waals surface area contributed by atoms with Crippen LogP contribution in [0, 0.1) is 0 Å². The van der Waals surface area contributed by atoms with Gasteiger partial charge in [0, 0.05) is 32.0 Å². The lowest BCUT2D eigenvalue weighted by molar-refractivity contribution is -0.134. The van der Waals surface area contributed by atoms with E-state index in [9.17, 15) is 9.59 Å². The third-order valence-electron chi connectivity index (χ3n) is 3.92. The zero-order chi connectivity index (χ0) is 15.6. The summed E-state index contributed by atoms with van der Waals surface area (Å²) in [6.07, 6.45) is 4.40. The van der Waals surface area contributed by atoms with Crippen molar-refractivity contribution in [3.63, 3.8) is 0 Å². The number of carbonyl (C=O) groups excluding carboxylic acids is 2. The van der Waals surface area contributed by atoms with Crippen molar-refractivity contribution in [2.45, 2.75) is 18.6 Å². The molecule has 1 fully saturated rings. The first kappa shape index (κ1) is 14.6. The number of methoxy groups -OCH3 is 1. The van der Waals surface area contributed by atoms with Crippen molar-refractivity contribution in [1.29, 1.82) is 0 Å². The van der Waals surface area contributed by atoms with Gasteiger partial charge in [-0.3, -0.25) is 4.79 Å². The normalized spacial score (nSPS) is 19.4. The van der Waals surface area contributed by atoms with E-state index in [1.54, 1.807) is 18.2 Å². The fraction of sp³-hybridized carbons (Fsp3) is 0.375. The van der Waals surface area contributed by atoms with Crippen LogP contribution in [0.5, 0.6) is 5.75 Å². The smallest absolute Gasteiger partial charge is 0.330 e. The Morgan fingerprint density at radius 3 is 2.86 bits per heavy atom. The van der Waals surface area contributed by atoms with Crippen LogP contribution < -0.4 is 15.4 Å². The number of ether oxygens (including phenoxy) is 2. The first-order valence-corrected chi connectivity index (χ1v) is 7.24. The van der Waals surface area contributed by atoms with Gasteiger partial charge in [0.2, 0.25) is 0 Å². The summed E-state index contributed by atoms with van der Waals surface area (Å²) >= 11 is 0. The second-order valence-electron chi connectivity index (χ2n) is 5.41. The Kier molecular flexibility index (Phi) is 3.85. The largest absolute Gasteiger partial charge is 0.467 e. The Morgan fingerprint density at radius 2 is 2.14 bits per heavy atom. The molecule has 2 aliphatic heterocycles. The lowest BCUT2D eigenvalue weighted by Crippen LogP contribution is -2.60. The third kappa shape index (κ3) is 2.82. The molecule has 1 amide bonds. The molecule has 2 heterocycles. The van der Waals surface area contributed by atoms with Crippen LogP contribution in [0.25, 0.3) is 6.08 Å². The van der Waals surface area contributed by atoms with Crippen molar-refractivity contribution in [3.8, 4) is 5.75 Å². The molecule has 0 aliphatic carbocycles. The molecule has 6 nitrogen and oxygen atoms in total. The average Bonchev–Trinajstić information content (AvgIpc) is 2.53. The lowest BCUT2D eigenvalue weighted by atomic mass is 9.97. The molecule has 2 N–H and O–H groups in total. The van der Waals surface area contributed by atoms with E-state index in [-0.39, 0.29) is 5.91 Å². The SMILES string of the molecule is COC(=O)C=Cc1ccc2c(c1)C(=O)NC1(CCNCC1)O2. The van der Waals surface area contributed by atoms with Gasteiger partial charge in [-0.1, -0.05) is 6.07 Å². The highest BCUT2D eigenvalue weighted by Crippen LogP contribution is 2.32. The van der Waals surface area contributed by atoms with Gasteiger partial charge in [0.15, 0.2) is 5.72 Å². The average molecular weight is 302 g/mol. The molecule has 6 heteroatoms. The van der Waals surface area contributed by atoms with Gasteiger partial charge in [-0.2, -0.15) is 0 Å². The van der Waals surface area contributed by atoms with Crippen LogP contribution in [0.1, 0.15) is 28.8 Å². The summed E-state index contributed by atoms with van der Waals surface area (Å²) < 4.78 is 10.6. The van der Waals surface area contributed by atoms with Crippen molar-refractivity contribution in [2.75, 3.05) is 20.2 Å². The maximum absolute atomic E-state index is 12.4. The van der Waals surface area contributed by atoms with Crippen LogP contribution in [0.15, 0.2) is 24.3 Å². The minimum Gasteiger partial charge on any atom is -0.467 e. The van der Waals surface area contributed by atoms with Crippen LogP contribution in [0.2, 0.25) is 0 Å². The van der Waals surface area contributed by atoms with Gasteiger partial charge in [-0.25, -0.2) is 4.79 Å². The molecular formula is C16H18N2O4. The molecule has 0 atom stereocenters. The topological polar surface area (TPSA) is 76.7 Å². The van der Waals surface area contributed by atoms with E-state index in [0.29, 0.717) is 11.3 Å². The molecule has 1 aromatic carbocycles. The Labute approximate surface area is 128 Å². The summed E-state index contributed by atoms with van der Waals surface area (Å²) in [7, 11) is 1.32. The second-order valence-corrected chi connectivity index (χ2v) is 5.41. The number of piperidine rings is 1. The maximum Gasteiger partial charge on any atom is 0.330 e. The first-order valence-electron chi connectivity index (χ1n) is 7.24. The molecule has 1 spiro atoms. The lowest BCUT2D eigenvalue weighted by Gasteiger charge is -2.41. The molecule has 1 saturated heterocycles. The van der Waals surface area contributed by atoms with Gasteiger partial charge >= 0.3 is 5.97 Å².